The minimum Gasteiger partial charge on any atom is -0.458 e. The zero-order valence-electron chi connectivity index (χ0n) is 14.0. The first-order valence-corrected chi connectivity index (χ1v) is 8.05. The molecule has 24 heavy (non-hydrogen) atoms. The lowest BCUT2D eigenvalue weighted by Crippen LogP contribution is -2.13. The third-order valence-corrected chi connectivity index (χ3v) is 3.69. The van der Waals surface area contributed by atoms with Crippen molar-refractivity contribution in [2.45, 2.75) is 38.9 Å². The Balaban J connectivity index is 1.74. The van der Waals surface area contributed by atoms with Gasteiger partial charge in [-0.3, -0.25) is 9.59 Å². The number of ether oxygens (including phenoxy) is 2. The van der Waals surface area contributed by atoms with Crippen LogP contribution < -0.4 is 0 Å². The molecule has 0 radical (unpaired) electrons. The minimum atomic E-state index is -0.407. The molecule has 0 aliphatic carbocycles. The smallest absolute Gasteiger partial charge is 0.306 e. The molecule has 0 heterocycles. The fourth-order valence-electron chi connectivity index (χ4n) is 2.30. The molecule has 0 fully saturated rings. The molecule has 4 heteroatoms. The molecule has 2 unspecified atom stereocenters. The fourth-order valence-corrected chi connectivity index (χ4v) is 2.30. The zero-order chi connectivity index (χ0) is 17.4. The van der Waals surface area contributed by atoms with Gasteiger partial charge < -0.3 is 9.47 Å². The van der Waals surface area contributed by atoms with E-state index < -0.39 is 11.9 Å². The highest BCUT2D eigenvalue weighted by Crippen LogP contribution is 2.19. The Kier molecular flexibility index (Phi) is 6.55. The summed E-state index contributed by atoms with van der Waals surface area (Å²) in [5.74, 6) is -0.814. The summed E-state index contributed by atoms with van der Waals surface area (Å²) in [5, 5.41) is 0. The number of rotatable bonds is 7. The van der Waals surface area contributed by atoms with Crippen LogP contribution in [0.2, 0.25) is 0 Å². The van der Waals surface area contributed by atoms with Crippen LogP contribution in [0.1, 0.15) is 50.0 Å². The predicted octanol–water partition coefficient (Wildman–Crippen LogP) is 4.38. The van der Waals surface area contributed by atoms with Gasteiger partial charge in [-0.25, -0.2) is 0 Å². The number of carbonyl (C=O) groups is 2. The first kappa shape index (κ1) is 17.7. The molecule has 4 nitrogen and oxygen atoms in total. The van der Waals surface area contributed by atoms with Crippen LogP contribution in [0.3, 0.4) is 0 Å². The minimum absolute atomic E-state index is 0.0114. The highest BCUT2D eigenvalue weighted by atomic mass is 16.5. The van der Waals surface area contributed by atoms with Crippen molar-refractivity contribution in [2.75, 3.05) is 0 Å². The fraction of sp³-hybridized carbons (Fsp3) is 0.300. The summed E-state index contributed by atoms with van der Waals surface area (Å²) in [6.07, 6.45) is -0.648. The van der Waals surface area contributed by atoms with Crippen molar-refractivity contribution < 1.29 is 19.1 Å². The van der Waals surface area contributed by atoms with Crippen molar-refractivity contribution in [2.24, 2.45) is 0 Å². The van der Waals surface area contributed by atoms with Gasteiger partial charge in [-0.15, -0.1) is 0 Å². The molecule has 0 amide bonds. The quantitative estimate of drug-likeness (QED) is 0.709. The molecule has 2 atom stereocenters. The summed E-state index contributed by atoms with van der Waals surface area (Å²) in [7, 11) is 0. The van der Waals surface area contributed by atoms with Crippen LogP contribution in [0.5, 0.6) is 0 Å². The standard InChI is InChI=1S/C20H22O4/c1-15(17-9-5-3-6-10-17)23-19(21)13-14-20(22)24-16(2)18-11-7-4-8-12-18/h3-12,15-16H,13-14H2,1-2H3. The second-order valence-corrected chi connectivity index (χ2v) is 5.59. The zero-order valence-corrected chi connectivity index (χ0v) is 14.0. The van der Waals surface area contributed by atoms with Crippen LogP contribution >= 0.6 is 0 Å². The van der Waals surface area contributed by atoms with Crippen LogP contribution in [-0.2, 0) is 19.1 Å². The van der Waals surface area contributed by atoms with Crippen LogP contribution in [-0.4, -0.2) is 11.9 Å². The summed E-state index contributed by atoms with van der Waals surface area (Å²) < 4.78 is 10.7. The van der Waals surface area contributed by atoms with Gasteiger partial charge in [-0.1, -0.05) is 60.7 Å². The van der Waals surface area contributed by atoms with Gasteiger partial charge in [0.25, 0.3) is 0 Å². The average Bonchev–Trinajstić information content (AvgIpc) is 2.61. The van der Waals surface area contributed by atoms with Gasteiger partial charge in [-0.05, 0) is 25.0 Å². The number of carbonyl (C=O) groups excluding carboxylic acids is 2. The van der Waals surface area contributed by atoms with E-state index in [1.807, 2.05) is 74.5 Å². The van der Waals surface area contributed by atoms with E-state index in [2.05, 4.69) is 0 Å². The number of esters is 2. The molecule has 126 valence electrons. The average molecular weight is 326 g/mol. The van der Waals surface area contributed by atoms with Crippen molar-refractivity contribution in [3.63, 3.8) is 0 Å². The van der Waals surface area contributed by atoms with Crippen LogP contribution in [0, 0.1) is 0 Å². The van der Waals surface area contributed by atoms with Gasteiger partial charge in [0, 0.05) is 0 Å². The van der Waals surface area contributed by atoms with E-state index in [9.17, 15) is 9.59 Å². The lowest BCUT2D eigenvalue weighted by molar-refractivity contribution is -0.155. The van der Waals surface area contributed by atoms with Crippen molar-refractivity contribution in [1.82, 2.24) is 0 Å². The first-order chi connectivity index (χ1) is 11.6. The Morgan fingerprint density at radius 2 is 1.04 bits per heavy atom. The van der Waals surface area contributed by atoms with Gasteiger partial charge in [-0.2, -0.15) is 0 Å². The van der Waals surface area contributed by atoms with Crippen LogP contribution in [0.4, 0.5) is 0 Å². The molecule has 0 N–H and O–H groups in total. The molecular formula is C20H22O4. The third-order valence-electron chi connectivity index (χ3n) is 3.69. The van der Waals surface area contributed by atoms with Gasteiger partial charge in [0.05, 0.1) is 12.8 Å². The van der Waals surface area contributed by atoms with E-state index in [1.165, 1.54) is 0 Å². The van der Waals surface area contributed by atoms with E-state index >= 15 is 0 Å². The maximum atomic E-state index is 11.9. The van der Waals surface area contributed by atoms with E-state index in [4.69, 9.17) is 9.47 Å². The Labute approximate surface area is 142 Å². The molecule has 0 saturated heterocycles. The Bertz CT molecular complexity index is 592. The Morgan fingerprint density at radius 1 is 0.708 bits per heavy atom. The van der Waals surface area contributed by atoms with E-state index in [0.29, 0.717) is 0 Å². The molecule has 0 saturated carbocycles. The highest BCUT2D eigenvalue weighted by Gasteiger charge is 2.16. The lowest BCUT2D eigenvalue weighted by Gasteiger charge is -2.15. The van der Waals surface area contributed by atoms with E-state index in [0.717, 1.165) is 11.1 Å². The summed E-state index contributed by atoms with van der Waals surface area (Å²) in [4.78, 5) is 23.7. The van der Waals surface area contributed by atoms with Gasteiger partial charge in [0.15, 0.2) is 0 Å². The summed E-state index contributed by atoms with van der Waals surface area (Å²) in [6, 6.07) is 19.0. The molecule has 0 spiro atoms. The summed E-state index contributed by atoms with van der Waals surface area (Å²) in [6.45, 7) is 3.62. The van der Waals surface area contributed by atoms with E-state index in [-0.39, 0.29) is 25.0 Å². The highest BCUT2D eigenvalue weighted by molar-refractivity contribution is 5.77. The van der Waals surface area contributed by atoms with Crippen LogP contribution in [0.25, 0.3) is 0 Å². The normalized spacial score (nSPS) is 12.9. The molecule has 2 rings (SSSR count). The summed E-state index contributed by atoms with van der Waals surface area (Å²) in [5.41, 5.74) is 1.84. The molecule has 0 aliphatic heterocycles. The predicted molar refractivity (Wildman–Crippen MR) is 91.1 cm³/mol. The number of hydrogen-bond donors (Lipinski definition) is 0. The maximum absolute atomic E-state index is 11.9. The number of benzene rings is 2. The van der Waals surface area contributed by atoms with Crippen molar-refractivity contribution in [3.05, 3.63) is 71.8 Å². The maximum Gasteiger partial charge on any atom is 0.306 e. The molecule has 2 aromatic rings. The topological polar surface area (TPSA) is 52.6 Å². The summed E-state index contributed by atoms with van der Waals surface area (Å²) >= 11 is 0. The second kappa shape index (κ2) is 8.87. The van der Waals surface area contributed by atoms with Crippen molar-refractivity contribution >= 4 is 11.9 Å². The Hall–Kier alpha value is -2.62. The van der Waals surface area contributed by atoms with Gasteiger partial charge in [0.1, 0.15) is 12.2 Å². The lowest BCUT2D eigenvalue weighted by atomic mass is 10.1. The number of hydrogen-bond acceptors (Lipinski definition) is 4. The van der Waals surface area contributed by atoms with E-state index in [1.54, 1.807) is 0 Å². The SMILES string of the molecule is CC(OC(=O)CCC(=O)OC(C)c1ccccc1)c1ccccc1. The monoisotopic (exact) mass is 326 g/mol. The van der Waals surface area contributed by atoms with Crippen molar-refractivity contribution in [3.8, 4) is 0 Å². The molecule has 2 aromatic carbocycles. The molecule has 0 aromatic heterocycles. The Morgan fingerprint density at radius 3 is 1.38 bits per heavy atom. The largest absolute Gasteiger partial charge is 0.458 e. The molecule has 0 aliphatic rings. The van der Waals surface area contributed by atoms with Gasteiger partial charge in [0.2, 0.25) is 0 Å². The first-order valence-electron chi connectivity index (χ1n) is 8.05. The molecular weight excluding hydrogens is 304 g/mol. The van der Waals surface area contributed by atoms with Crippen LogP contribution in [0.15, 0.2) is 60.7 Å². The second-order valence-electron chi connectivity index (χ2n) is 5.59. The van der Waals surface area contributed by atoms with Crippen molar-refractivity contribution in [1.29, 1.82) is 0 Å². The molecule has 0 bridgehead atoms. The van der Waals surface area contributed by atoms with Gasteiger partial charge >= 0.3 is 11.9 Å². The third kappa shape index (κ3) is 5.54.